The minimum atomic E-state index is -3.80. The van der Waals surface area contributed by atoms with E-state index in [9.17, 15) is 13.2 Å². The van der Waals surface area contributed by atoms with Crippen molar-refractivity contribution in [1.82, 2.24) is 0 Å². The monoisotopic (exact) mass is 486 g/mol. The Labute approximate surface area is 200 Å². The molecule has 0 spiro atoms. The van der Waals surface area contributed by atoms with Crippen LogP contribution >= 0.6 is 11.6 Å². The number of hydrogen-bond donors (Lipinski definition) is 2. The lowest BCUT2D eigenvalue weighted by Gasteiger charge is -2.18. The third kappa shape index (κ3) is 6.27. The highest BCUT2D eigenvalue weighted by Gasteiger charge is 2.20. The number of benzene rings is 3. The number of hydrogen-bond acceptors (Lipinski definition) is 4. The van der Waals surface area contributed by atoms with Crippen molar-refractivity contribution in [1.29, 1.82) is 0 Å². The first-order valence-electron chi connectivity index (χ1n) is 10.5. The van der Waals surface area contributed by atoms with Crippen LogP contribution < -0.4 is 14.8 Å². The summed E-state index contributed by atoms with van der Waals surface area (Å²) >= 11 is 6.08. The topological polar surface area (TPSA) is 84.5 Å². The van der Waals surface area contributed by atoms with E-state index in [0.29, 0.717) is 28.6 Å². The van der Waals surface area contributed by atoms with Gasteiger partial charge in [0.2, 0.25) is 0 Å². The molecule has 0 aliphatic rings. The molecular weight excluding hydrogens is 460 g/mol. The van der Waals surface area contributed by atoms with Gasteiger partial charge < -0.3 is 10.1 Å². The number of ether oxygens (including phenoxy) is 1. The van der Waals surface area contributed by atoms with Crippen LogP contribution in [0, 0.1) is 20.8 Å². The van der Waals surface area contributed by atoms with Gasteiger partial charge in [-0.2, -0.15) is 0 Å². The summed E-state index contributed by atoms with van der Waals surface area (Å²) in [5, 5.41) is 3.26. The molecular formula is C25H27ClN2O4S. The molecule has 0 aliphatic carbocycles. The highest BCUT2D eigenvalue weighted by molar-refractivity contribution is 7.92. The number of nitrogens with one attached hydrogen (secondary N) is 2. The van der Waals surface area contributed by atoms with Gasteiger partial charge in [-0.05, 0) is 92.4 Å². The van der Waals surface area contributed by atoms with E-state index in [1.54, 1.807) is 18.2 Å². The van der Waals surface area contributed by atoms with Crippen molar-refractivity contribution in [2.75, 3.05) is 10.0 Å². The summed E-state index contributed by atoms with van der Waals surface area (Å²) in [5.41, 5.74) is 3.93. The molecule has 0 radical (unpaired) electrons. The SMILES string of the molecule is CCC(Oc1ccc(C)c(C)c1)C(=O)Nc1ccc(S(=O)(=O)Nc2ccc(C)c(Cl)c2)cc1. The number of halogens is 1. The number of amides is 1. The van der Waals surface area contributed by atoms with Gasteiger partial charge >= 0.3 is 0 Å². The first kappa shape index (κ1) is 24.6. The van der Waals surface area contributed by atoms with E-state index in [1.807, 2.05) is 45.9 Å². The van der Waals surface area contributed by atoms with Crippen molar-refractivity contribution in [3.63, 3.8) is 0 Å². The number of anilines is 2. The molecule has 0 bridgehead atoms. The number of aryl methyl sites for hydroxylation is 3. The number of sulfonamides is 1. The van der Waals surface area contributed by atoms with Crippen molar-refractivity contribution in [2.45, 2.75) is 45.1 Å². The zero-order chi connectivity index (χ0) is 24.2. The lowest BCUT2D eigenvalue weighted by atomic mass is 10.1. The fourth-order valence-electron chi connectivity index (χ4n) is 3.08. The van der Waals surface area contributed by atoms with Gasteiger partial charge in [-0.3, -0.25) is 9.52 Å². The second kappa shape index (κ2) is 10.3. The number of rotatable bonds is 8. The molecule has 0 saturated carbocycles. The maximum Gasteiger partial charge on any atom is 0.265 e. The first-order chi connectivity index (χ1) is 15.6. The standard InChI is InChI=1S/C25H27ClN2O4S/c1-5-24(32-21-11-7-16(2)18(4)14-21)25(29)27-19-9-12-22(13-10-19)33(30,31)28-20-8-6-17(3)23(26)15-20/h6-15,24,28H,5H2,1-4H3,(H,27,29). The molecule has 2 N–H and O–H groups in total. The molecule has 3 aromatic carbocycles. The van der Waals surface area contributed by atoms with Crippen LogP contribution in [0.3, 0.4) is 0 Å². The van der Waals surface area contributed by atoms with Gasteiger partial charge in [0.25, 0.3) is 15.9 Å². The smallest absolute Gasteiger partial charge is 0.265 e. The van der Waals surface area contributed by atoms with Crippen LogP contribution in [0.2, 0.25) is 5.02 Å². The fraction of sp³-hybridized carbons (Fsp3) is 0.240. The minimum absolute atomic E-state index is 0.0654. The molecule has 0 heterocycles. The van der Waals surface area contributed by atoms with E-state index in [0.717, 1.165) is 16.7 Å². The Morgan fingerprint density at radius 3 is 2.15 bits per heavy atom. The third-order valence-electron chi connectivity index (χ3n) is 5.28. The second-order valence-corrected chi connectivity index (χ2v) is 9.93. The van der Waals surface area contributed by atoms with E-state index in [2.05, 4.69) is 10.0 Å². The number of carbonyl (C=O) groups excluding carboxylic acids is 1. The Morgan fingerprint density at radius 2 is 1.55 bits per heavy atom. The second-order valence-electron chi connectivity index (χ2n) is 7.84. The predicted molar refractivity (Wildman–Crippen MR) is 133 cm³/mol. The van der Waals surface area contributed by atoms with Crippen LogP contribution in [0.25, 0.3) is 0 Å². The summed E-state index contributed by atoms with van der Waals surface area (Å²) in [6, 6.07) is 16.6. The quantitative estimate of drug-likeness (QED) is 0.417. The summed E-state index contributed by atoms with van der Waals surface area (Å²) in [4.78, 5) is 12.8. The molecule has 0 aromatic heterocycles. The van der Waals surface area contributed by atoms with Crippen LogP contribution in [-0.2, 0) is 14.8 Å². The molecule has 8 heteroatoms. The van der Waals surface area contributed by atoms with Crippen LogP contribution in [0.5, 0.6) is 5.75 Å². The van der Waals surface area contributed by atoms with Crippen LogP contribution in [0.1, 0.15) is 30.0 Å². The molecule has 0 aliphatic heterocycles. The first-order valence-corrected chi connectivity index (χ1v) is 12.4. The van der Waals surface area contributed by atoms with Gasteiger partial charge in [0.05, 0.1) is 10.6 Å². The Morgan fingerprint density at radius 1 is 0.909 bits per heavy atom. The van der Waals surface area contributed by atoms with Gasteiger partial charge in [-0.25, -0.2) is 8.42 Å². The van der Waals surface area contributed by atoms with Gasteiger partial charge in [-0.1, -0.05) is 30.7 Å². The predicted octanol–water partition coefficient (Wildman–Crippen LogP) is 5.86. The molecule has 1 amide bonds. The Kier molecular flexibility index (Phi) is 7.66. The van der Waals surface area contributed by atoms with E-state index in [-0.39, 0.29) is 10.8 Å². The van der Waals surface area contributed by atoms with Crippen molar-refractivity contribution >= 4 is 38.9 Å². The van der Waals surface area contributed by atoms with Crippen molar-refractivity contribution in [3.05, 3.63) is 82.4 Å². The van der Waals surface area contributed by atoms with Gasteiger partial charge in [-0.15, -0.1) is 0 Å². The van der Waals surface area contributed by atoms with E-state index < -0.39 is 16.1 Å². The van der Waals surface area contributed by atoms with Crippen LogP contribution in [0.4, 0.5) is 11.4 Å². The molecule has 0 fully saturated rings. The highest BCUT2D eigenvalue weighted by Crippen LogP contribution is 2.24. The summed E-state index contributed by atoms with van der Waals surface area (Å²) in [6.07, 6.45) is -0.197. The zero-order valence-electron chi connectivity index (χ0n) is 19.0. The maximum absolute atomic E-state index is 12.7. The zero-order valence-corrected chi connectivity index (χ0v) is 20.5. The van der Waals surface area contributed by atoms with Crippen LogP contribution in [0.15, 0.2) is 65.6 Å². The fourth-order valence-corrected chi connectivity index (χ4v) is 4.31. The van der Waals surface area contributed by atoms with Crippen molar-refractivity contribution < 1.29 is 17.9 Å². The average molecular weight is 487 g/mol. The Hall–Kier alpha value is -3.03. The molecule has 174 valence electrons. The molecule has 1 unspecified atom stereocenters. The Balaban J connectivity index is 1.67. The average Bonchev–Trinajstić information content (AvgIpc) is 2.77. The Bertz CT molecular complexity index is 1260. The molecule has 1 atom stereocenters. The van der Waals surface area contributed by atoms with Crippen molar-refractivity contribution in [2.24, 2.45) is 0 Å². The molecule has 33 heavy (non-hydrogen) atoms. The summed E-state index contributed by atoms with van der Waals surface area (Å²) in [6.45, 7) is 7.70. The largest absolute Gasteiger partial charge is 0.481 e. The van der Waals surface area contributed by atoms with Crippen molar-refractivity contribution in [3.8, 4) is 5.75 Å². The number of carbonyl (C=O) groups is 1. The van der Waals surface area contributed by atoms with E-state index in [1.165, 1.54) is 24.3 Å². The van der Waals surface area contributed by atoms with Gasteiger partial charge in [0.15, 0.2) is 6.10 Å². The minimum Gasteiger partial charge on any atom is -0.481 e. The molecule has 3 rings (SSSR count). The molecule has 6 nitrogen and oxygen atoms in total. The summed E-state index contributed by atoms with van der Waals surface area (Å²) < 4.78 is 33.7. The third-order valence-corrected chi connectivity index (χ3v) is 7.08. The highest BCUT2D eigenvalue weighted by atomic mass is 35.5. The van der Waals surface area contributed by atoms with Crippen LogP contribution in [-0.4, -0.2) is 20.4 Å². The normalized spacial score (nSPS) is 12.2. The van der Waals surface area contributed by atoms with Gasteiger partial charge in [0.1, 0.15) is 5.75 Å². The van der Waals surface area contributed by atoms with E-state index >= 15 is 0 Å². The lowest BCUT2D eigenvalue weighted by molar-refractivity contribution is -0.122. The molecule has 3 aromatic rings. The molecule has 0 saturated heterocycles. The van der Waals surface area contributed by atoms with E-state index in [4.69, 9.17) is 16.3 Å². The lowest BCUT2D eigenvalue weighted by Crippen LogP contribution is -2.32. The summed E-state index contributed by atoms with van der Waals surface area (Å²) in [7, 11) is -3.80. The maximum atomic E-state index is 12.7. The summed E-state index contributed by atoms with van der Waals surface area (Å²) in [5.74, 6) is 0.322. The van der Waals surface area contributed by atoms with Gasteiger partial charge in [0, 0.05) is 10.7 Å².